The summed E-state index contributed by atoms with van der Waals surface area (Å²) in [6.07, 6.45) is 5.29. The second kappa shape index (κ2) is 7.61. The molecule has 0 radical (unpaired) electrons. The number of likely N-dealkylation sites (N-methyl/N-ethyl adjacent to an activating group) is 1. The van der Waals surface area contributed by atoms with Gasteiger partial charge in [-0.05, 0) is 32.2 Å². The minimum Gasteiger partial charge on any atom is -0.310 e. The molecule has 0 aromatic heterocycles. The molecule has 2 heteroatoms. The zero-order valence-electron chi connectivity index (χ0n) is 11.6. The second-order valence-electron chi connectivity index (χ2n) is 4.96. The van der Waals surface area contributed by atoms with Gasteiger partial charge in [-0.2, -0.15) is 0 Å². The molecule has 0 rings (SSSR count). The molecule has 3 atom stereocenters. The molecule has 0 aliphatic rings. The quantitative estimate of drug-likeness (QED) is 0.675. The molecule has 0 spiro atoms. The average Bonchev–Trinajstić information content (AvgIpc) is 2.26. The van der Waals surface area contributed by atoms with Gasteiger partial charge in [-0.3, -0.25) is 4.79 Å². The van der Waals surface area contributed by atoms with Gasteiger partial charge in [0.25, 0.3) is 0 Å². The van der Waals surface area contributed by atoms with Gasteiger partial charge >= 0.3 is 0 Å². The molecule has 0 aliphatic heterocycles. The molecule has 0 heterocycles. The highest BCUT2D eigenvalue weighted by atomic mass is 16.1. The van der Waals surface area contributed by atoms with Gasteiger partial charge < -0.3 is 5.32 Å². The highest BCUT2D eigenvalue weighted by molar-refractivity contribution is 5.86. The van der Waals surface area contributed by atoms with Crippen molar-refractivity contribution in [3.63, 3.8) is 0 Å². The molecule has 0 bridgehead atoms. The topological polar surface area (TPSA) is 29.1 Å². The first-order chi connectivity index (χ1) is 7.45. The monoisotopic (exact) mass is 225 g/mol. The molecule has 94 valence electrons. The van der Waals surface area contributed by atoms with Crippen LogP contribution < -0.4 is 5.32 Å². The number of allylic oxidation sites excluding steroid dienone is 2. The molecule has 16 heavy (non-hydrogen) atoms. The third-order valence-corrected chi connectivity index (χ3v) is 3.35. The van der Waals surface area contributed by atoms with Crippen LogP contribution in [0.15, 0.2) is 12.2 Å². The van der Waals surface area contributed by atoms with Crippen LogP contribution in [0.5, 0.6) is 0 Å². The zero-order chi connectivity index (χ0) is 12.7. The Bertz CT molecular complexity index is 233. The molecule has 0 saturated carbocycles. The predicted octanol–water partition coefficient (Wildman–Crippen LogP) is 3.04. The third-order valence-electron chi connectivity index (χ3n) is 3.35. The van der Waals surface area contributed by atoms with Crippen LogP contribution in [-0.4, -0.2) is 18.9 Å². The Balaban J connectivity index is 4.51. The first-order valence-corrected chi connectivity index (χ1v) is 6.27. The minimum absolute atomic E-state index is 0.0137. The van der Waals surface area contributed by atoms with Gasteiger partial charge in [0.2, 0.25) is 0 Å². The van der Waals surface area contributed by atoms with Crippen molar-refractivity contribution in [1.82, 2.24) is 5.32 Å². The Morgan fingerprint density at radius 2 is 1.81 bits per heavy atom. The van der Waals surface area contributed by atoms with E-state index in [1.165, 1.54) is 0 Å². The number of nitrogens with one attached hydrogen (secondary N) is 1. The predicted molar refractivity (Wildman–Crippen MR) is 70.5 cm³/mol. The van der Waals surface area contributed by atoms with Crippen molar-refractivity contribution in [2.75, 3.05) is 7.05 Å². The Hall–Kier alpha value is -0.630. The highest BCUT2D eigenvalue weighted by Gasteiger charge is 2.28. The Morgan fingerprint density at radius 3 is 2.19 bits per heavy atom. The lowest BCUT2D eigenvalue weighted by Crippen LogP contribution is -2.44. The van der Waals surface area contributed by atoms with E-state index in [1.807, 2.05) is 27.8 Å². The summed E-state index contributed by atoms with van der Waals surface area (Å²) in [6.45, 7) is 10.3. The molecule has 0 saturated heterocycles. The van der Waals surface area contributed by atoms with E-state index in [2.05, 4.69) is 31.3 Å². The van der Waals surface area contributed by atoms with Crippen LogP contribution in [0.1, 0.15) is 41.0 Å². The van der Waals surface area contributed by atoms with Crippen molar-refractivity contribution in [3.05, 3.63) is 12.2 Å². The zero-order valence-corrected chi connectivity index (χ0v) is 11.6. The number of hydrogen-bond acceptors (Lipinski definition) is 2. The van der Waals surface area contributed by atoms with Gasteiger partial charge in [-0.1, -0.05) is 39.8 Å². The van der Waals surface area contributed by atoms with E-state index in [1.54, 1.807) is 0 Å². The van der Waals surface area contributed by atoms with Gasteiger partial charge in [0.1, 0.15) is 0 Å². The normalized spacial score (nSPS) is 17.7. The van der Waals surface area contributed by atoms with Crippen molar-refractivity contribution in [2.45, 2.75) is 47.1 Å². The van der Waals surface area contributed by atoms with Crippen molar-refractivity contribution in [3.8, 4) is 0 Å². The lowest BCUT2D eigenvalue weighted by atomic mass is 9.82. The van der Waals surface area contributed by atoms with Crippen LogP contribution in [0, 0.1) is 17.8 Å². The molecular formula is C14H27NO. The summed E-state index contributed by atoms with van der Waals surface area (Å²) >= 11 is 0. The van der Waals surface area contributed by atoms with Gasteiger partial charge in [-0.15, -0.1) is 0 Å². The maximum Gasteiger partial charge on any atom is 0.152 e. The van der Waals surface area contributed by atoms with Crippen LogP contribution in [0.2, 0.25) is 0 Å². The highest BCUT2D eigenvalue weighted by Crippen LogP contribution is 2.21. The van der Waals surface area contributed by atoms with Crippen LogP contribution in [0.4, 0.5) is 0 Å². The molecule has 0 amide bonds. The van der Waals surface area contributed by atoms with Crippen molar-refractivity contribution >= 4 is 5.78 Å². The Morgan fingerprint density at radius 1 is 1.25 bits per heavy atom. The van der Waals surface area contributed by atoms with E-state index >= 15 is 0 Å². The first kappa shape index (κ1) is 15.4. The van der Waals surface area contributed by atoms with Crippen molar-refractivity contribution < 1.29 is 4.79 Å². The van der Waals surface area contributed by atoms with Crippen LogP contribution in [-0.2, 0) is 4.79 Å². The fraction of sp³-hybridized carbons (Fsp3) is 0.786. The summed E-state index contributed by atoms with van der Waals surface area (Å²) in [5.41, 5.74) is 0. The van der Waals surface area contributed by atoms with Gasteiger partial charge in [-0.25, -0.2) is 0 Å². The minimum atomic E-state index is -0.0137. The molecule has 0 aromatic rings. The summed E-state index contributed by atoms with van der Waals surface area (Å²) in [4.78, 5) is 12.0. The van der Waals surface area contributed by atoms with Crippen molar-refractivity contribution in [1.29, 1.82) is 0 Å². The summed E-state index contributed by atoms with van der Waals surface area (Å²) in [7, 11) is 1.88. The SMILES string of the molecule is C/C=C/C[C@@H](C)[C@@H](C)[C@H](NC)C(=O)C(C)C. The lowest BCUT2D eigenvalue weighted by Gasteiger charge is -2.28. The summed E-state index contributed by atoms with van der Waals surface area (Å²) in [5.74, 6) is 1.32. The fourth-order valence-electron chi connectivity index (χ4n) is 1.92. The van der Waals surface area contributed by atoms with Crippen molar-refractivity contribution in [2.24, 2.45) is 17.8 Å². The summed E-state index contributed by atoms with van der Waals surface area (Å²) in [6, 6.07) is -0.0137. The Kier molecular flexibility index (Phi) is 7.31. The molecule has 2 nitrogen and oxygen atoms in total. The van der Waals surface area contributed by atoms with Gasteiger partial charge in [0.15, 0.2) is 5.78 Å². The summed E-state index contributed by atoms with van der Waals surface area (Å²) < 4.78 is 0. The molecule has 0 aromatic carbocycles. The van der Waals surface area contributed by atoms with Crippen LogP contribution in [0.25, 0.3) is 0 Å². The molecule has 0 fully saturated rings. The summed E-state index contributed by atoms with van der Waals surface area (Å²) in [5, 5.41) is 3.17. The third kappa shape index (κ3) is 4.48. The molecule has 1 N–H and O–H groups in total. The fourth-order valence-corrected chi connectivity index (χ4v) is 1.92. The maximum absolute atomic E-state index is 12.0. The molecule has 0 unspecified atom stereocenters. The van der Waals surface area contributed by atoms with E-state index in [4.69, 9.17) is 0 Å². The van der Waals surface area contributed by atoms with E-state index < -0.39 is 0 Å². The van der Waals surface area contributed by atoms with Crippen LogP contribution >= 0.6 is 0 Å². The molecule has 0 aliphatic carbocycles. The number of ketones is 1. The average molecular weight is 225 g/mol. The van der Waals surface area contributed by atoms with E-state index in [9.17, 15) is 4.79 Å². The van der Waals surface area contributed by atoms with Gasteiger partial charge in [0.05, 0.1) is 6.04 Å². The molecular weight excluding hydrogens is 198 g/mol. The standard InChI is InChI=1S/C14H27NO/c1-7-8-9-11(4)12(5)13(15-6)14(16)10(2)3/h7-8,10-13,15H,9H2,1-6H3/b8-7+/t11-,12-,13+/m1/s1. The van der Waals surface area contributed by atoms with E-state index in [0.29, 0.717) is 17.6 Å². The maximum atomic E-state index is 12.0. The van der Waals surface area contributed by atoms with E-state index in [-0.39, 0.29) is 12.0 Å². The number of hydrogen-bond donors (Lipinski definition) is 1. The number of Topliss-reactive ketones (excluding diaryl/α,β-unsaturated/α-hetero) is 1. The van der Waals surface area contributed by atoms with Crippen LogP contribution in [0.3, 0.4) is 0 Å². The smallest absolute Gasteiger partial charge is 0.152 e. The largest absolute Gasteiger partial charge is 0.310 e. The number of rotatable bonds is 7. The number of carbonyl (C=O) groups excluding carboxylic acids is 1. The first-order valence-electron chi connectivity index (χ1n) is 6.27. The van der Waals surface area contributed by atoms with E-state index in [0.717, 1.165) is 6.42 Å². The number of carbonyl (C=O) groups is 1. The Labute approximate surface area is 101 Å². The second-order valence-corrected chi connectivity index (χ2v) is 4.96. The van der Waals surface area contributed by atoms with Gasteiger partial charge in [0, 0.05) is 5.92 Å². The lowest BCUT2D eigenvalue weighted by molar-refractivity contribution is -0.125.